The van der Waals surface area contributed by atoms with Crippen LogP contribution in [0.2, 0.25) is 0 Å². The molecule has 1 amide bonds. The molecule has 0 atom stereocenters. The fraction of sp³-hybridized carbons (Fsp3) is 0.120. The van der Waals surface area contributed by atoms with Crippen molar-refractivity contribution in [1.29, 1.82) is 0 Å². The fourth-order valence-electron chi connectivity index (χ4n) is 3.33. The van der Waals surface area contributed by atoms with Gasteiger partial charge in [0.05, 0.1) is 6.33 Å². The lowest BCUT2D eigenvalue weighted by Gasteiger charge is -2.23. The highest BCUT2D eigenvalue weighted by Gasteiger charge is 2.17. The van der Waals surface area contributed by atoms with E-state index in [1.165, 1.54) is 0 Å². The lowest BCUT2D eigenvalue weighted by molar-refractivity contribution is 0.0730. The summed E-state index contributed by atoms with van der Waals surface area (Å²) in [5, 5.41) is 0. The van der Waals surface area contributed by atoms with E-state index in [2.05, 4.69) is 29.2 Å². The third-order valence-electron chi connectivity index (χ3n) is 4.84. The van der Waals surface area contributed by atoms with Crippen LogP contribution in [0.4, 0.5) is 0 Å². The number of hydrogen-bond donors (Lipinski definition) is 0. The number of hydrogen-bond acceptors (Lipinski definition) is 2. The molecule has 4 heteroatoms. The van der Waals surface area contributed by atoms with E-state index >= 15 is 0 Å². The standard InChI is InChI=1S/C25H23N3O/c29-25(24-13-11-23(12-14-24)17-27-16-15-26-20-27)28(18-21-7-3-1-4-8-21)19-22-9-5-2-6-10-22/h1-16,20H,17-19H2. The second kappa shape index (κ2) is 9.02. The summed E-state index contributed by atoms with van der Waals surface area (Å²) >= 11 is 0. The highest BCUT2D eigenvalue weighted by molar-refractivity contribution is 5.94. The quantitative estimate of drug-likeness (QED) is 0.462. The summed E-state index contributed by atoms with van der Waals surface area (Å²) in [6, 6.07) is 28.1. The van der Waals surface area contributed by atoms with E-state index in [1.807, 2.05) is 76.3 Å². The number of amides is 1. The van der Waals surface area contributed by atoms with Gasteiger partial charge in [-0.2, -0.15) is 0 Å². The van der Waals surface area contributed by atoms with Crippen LogP contribution in [0.5, 0.6) is 0 Å². The Bertz CT molecular complexity index is 985. The van der Waals surface area contributed by atoms with E-state index in [1.54, 1.807) is 12.5 Å². The molecule has 4 nitrogen and oxygen atoms in total. The summed E-state index contributed by atoms with van der Waals surface area (Å²) in [6.45, 7) is 1.89. The molecule has 3 aromatic carbocycles. The molecule has 0 aliphatic heterocycles. The predicted octanol–water partition coefficient (Wildman–Crippen LogP) is 4.77. The first kappa shape index (κ1) is 18.7. The smallest absolute Gasteiger partial charge is 0.254 e. The zero-order valence-electron chi connectivity index (χ0n) is 16.2. The molecule has 0 saturated carbocycles. The average molecular weight is 381 g/mol. The van der Waals surface area contributed by atoms with Crippen LogP contribution in [-0.4, -0.2) is 20.4 Å². The van der Waals surface area contributed by atoms with Crippen molar-refractivity contribution in [2.75, 3.05) is 0 Å². The second-order valence-electron chi connectivity index (χ2n) is 7.06. The van der Waals surface area contributed by atoms with Gasteiger partial charge in [0.1, 0.15) is 0 Å². The zero-order chi connectivity index (χ0) is 19.9. The predicted molar refractivity (Wildman–Crippen MR) is 114 cm³/mol. The van der Waals surface area contributed by atoms with Crippen molar-refractivity contribution < 1.29 is 4.79 Å². The Kier molecular flexibility index (Phi) is 5.81. The van der Waals surface area contributed by atoms with Crippen LogP contribution in [0.1, 0.15) is 27.0 Å². The van der Waals surface area contributed by atoms with Crippen LogP contribution >= 0.6 is 0 Å². The van der Waals surface area contributed by atoms with Crippen molar-refractivity contribution in [3.63, 3.8) is 0 Å². The number of rotatable bonds is 7. The summed E-state index contributed by atoms with van der Waals surface area (Å²) in [4.78, 5) is 19.3. The minimum absolute atomic E-state index is 0.0342. The molecule has 0 unspecified atom stereocenters. The van der Waals surface area contributed by atoms with Gasteiger partial charge in [0, 0.05) is 37.6 Å². The topological polar surface area (TPSA) is 38.1 Å². The summed E-state index contributed by atoms with van der Waals surface area (Å²) in [6.07, 6.45) is 5.49. The van der Waals surface area contributed by atoms with Gasteiger partial charge in [0.15, 0.2) is 0 Å². The summed E-state index contributed by atoms with van der Waals surface area (Å²) in [7, 11) is 0. The van der Waals surface area contributed by atoms with Gasteiger partial charge in [-0.1, -0.05) is 72.8 Å². The molecular formula is C25H23N3O. The van der Waals surface area contributed by atoms with Crippen molar-refractivity contribution in [3.05, 3.63) is 126 Å². The van der Waals surface area contributed by atoms with Crippen molar-refractivity contribution in [2.45, 2.75) is 19.6 Å². The summed E-state index contributed by atoms with van der Waals surface area (Å²) in [5.74, 6) is 0.0342. The Labute approximate surface area is 171 Å². The van der Waals surface area contributed by atoms with Crippen LogP contribution in [0.15, 0.2) is 104 Å². The van der Waals surface area contributed by atoms with Gasteiger partial charge in [-0.15, -0.1) is 0 Å². The molecule has 0 radical (unpaired) electrons. The van der Waals surface area contributed by atoms with E-state index in [0.29, 0.717) is 18.7 Å². The van der Waals surface area contributed by atoms with Gasteiger partial charge in [-0.05, 0) is 28.8 Å². The van der Waals surface area contributed by atoms with Crippen LogP contribution in [-0.2, 0) is 19.6 Å². The molecular weight excluding hydrogens is 358 g/mol. The Morgan fingerprint density at radius 3 is 1.86 bits per heavy atom. The maximum atomic E-state index is 13.3. The molecule has 1 aromatic heterocycles. The van der Waals surface area contributed by atoms with Crippen molar-refractivity contribution >= 4 is 5.91 Å². The first-order valence-corrected chi connectivity index (χ1v) is 9.70. The average Bonchev–Trinajstić information content (AvgIpc) is 3.28. The van der Waals surface area contributed by atoms with E-state index in [0.717, 1.165) is 23.2 Å². The van der Waals surface area contributed by atoms with Crippen LogP contribution in [0, 0.1) is 0 Å². The van der Waals surface area contributed by atoms with Crippen LogP contribution < -0.4 is 0 Å². The number of nitrogens with zero attached hydrogens (tertiary/aromatic N) is 3. The van der Waals surface area contributed by atoms with Gasteiger partial charge >= 0.3 is 0 Å². The highest BCUT2D eigenvalue weighted by Crippen LogP contribution is 2.15. The first-order valence-electron chi connectivity index (χ1n) is 9.70. The minimum atomic E-state index is 0.0342. The number of carbonyl (C=O) groups excluding carboxylic acids is 1. The number of carbonyl (C=O) groups is 1. The highest BCUT2D eigenvalue weighted by atomic mass is 16.2. The zero-order valence-corrected chi connectivity index (χ0v) is 16.2. The first-order chi connectivity index (χ1) is 14.3. The molecule has 0 aliphatic carbocycles. The Hall–Kier alpha value is -3.66. The number of imidazole rings is 1. The van der Waals surface area contributed by atoms with E-state index in [-0.39, 0.29) is 5.91 Å². The van der Waals surface area contributed by atoms with Crippen LogP contribution in [0.3, 0.4) is 0 Å². The maximum Gasteiger partial charge on any atom is 0.254 e. The fourth-order valence-corrected chi connectivity index (χ4v) is 3.33. The lowest BCUT2D eigenvalue weighted by atomic mass is 10.1. The van der Waals surface area contributed by atoms with Gasteiger partial charge in [0.25, 0.3) is 5.91 Å². The molecule has 4 aromatic rings. The minimum Gasteiger partial charge on any atom is -0.333 e. The molecule has 144 valence electrons. The Morgan fingerprint density at radius 2 is 1.34 bits per heavy atom. The van der Waals surface area contributed by atoms with Gasteiger partial charge in [0.2, 0.25) is 0 Å². The maximum absolute atomic E-state index is 13.3. The third-order valence-corrected chi connectivity index (χ3v) is 4.84. The molecule has 29 heavy (non-hydrogen) atoms. The van der Waals surface area contributed by atoms with E-state index in [9.17, 15) is 4.79 Å². The molecule has 0 fully saturated rings. The van der Waals surface area contributed by atoms with Crippen molar-refractivity contribution in [2.24, 2.45) is 0 Å². The van der Waals surface area contributed by atoms with Crippen molar-refractivity contribution in [3.8, 4) is 0 Å². The molecule has 1 heterocycles. The molecule has 0 aliphatic rings. The molecule has 0 N–H and O–H groups in total. The normalized spacial score (nSPS) is 10.6. The lowest BCUT2D eigenvalue weighted by Crippen LogP contribution is -2.30. The second-order valence-corrected chi connectivity index (χ2v) is 7.06. The Balaban J connectivity index is 1.53. The molecule has 0 saturated heterocycles. The SMILES string of the molecule is O=C(c1ccc(Cn2ccnc2)cc1)N(Cc1ccccc1)Cc1ccccc1. The monoisotopic (exact) mass is 381 g/mol. The third kappa shape index (κ3) is 4.99. The number of benzene rings is 3. The van der Waals surface area contributed by atoms with E-state index in [4.69, 9.17) is 0 Å². The van der Waals surface area contributed by atoms with E-state index < -0.39 is 0 Å². The molecule has 4 rings (SSSR count). The molecule has 0 bridgehead atoms. The number of aromatic nitrogens is 2. The van der Waals surface area contributed by atoms with Gasteiger partial charge < -0.3 is 9.47 Å². The summed E-state index contributed by atoms with van der Waals surface area (Å²) < 4.78 is 2.01. The molecule has 0 spiro atoms. The summed E-state index contributed by atoms with van der Waals surface area (Å²) in [5.41, 5.74) is 4.07. The largest absolute Gasteiger partial charge is 0.333 e. The van der Waals surface area contributed by atoms with Crippen molar-refractivity contribution in [1.82, 2.24) is 14.5 Å². The Morgan fingerprint density at radius 1 is 0.759 bits per heavy atom. The van der Waals surface area contributed by atoms with Gasteiger partial charge in [-0.3, -0.25) is 4.79 Å². The van der Waals surface area contributed by atoms with Gasteiger partial charge in [-0.25, -0.2) is 4.98 Å². The van der Waals surface area contributed by atoms with Crippen LogP contribution in [0.25, 0.3) is 0 Å².